The van der Waals surface area contributed by atoms with E-state index in [-0.39, 0.29) is 6.42 Å². The third kappa shape index (κ3) is 1.78. The number of ether oxygens (including phenoxy) is 1. The molecule has 4 nitrogen and oxygen atoms in total. The quantitative estimate of drug-likeness (QED) is 0.555. The van der Waals surface area contributed by atoms with Crippen LogP contribution in [0, 0.1) is 0 Å². The fraction of sp³-hybridized carbons (Fsp3) is 0.333. The van der Waals surface area contributed by atoms with Crippen molar-refractivity contribution in [2.24, 2.45) is 0 Å². The van der Waals surface area contributed by atoms with Crippen molar-refractivity contribution < 1.29 is 14.3 Å². The lowest BCUT2D eigenvalue weighted by Gasteiger charge is -2.18. The van der Waals surface area contributed by atoms with Crippen LogP contribution in [-0.2, 0) is 14.3 Å². The highest BCUT2D eigenvalue weighted by Gasteiger charge is 2.36. The number of anilines is 1. The van der Waals surface area contributed by atoms with Crippen molar-refractivity contribution in [2.45, 2.75) is 12.3 Å². The van der Waals surface area contributed by atoms with Gasteiger partial charge in [-0.25, -0.2) is 0 Å². The molecule has 4 heteroatoms. The number of hydrogen-bond donors (Lipinski definition) is 0. The summed E-state index contributed by atoms with van der Waals surface area (Å²) in [6, 6.07) is 7.55. The molecule has 1 atom stereocenters. The molecular weight excluding hydrogens is 206 g/mol. The van der Waals surface area contributed by atoms with Crippen LogP contribution in [0.2, 0.25) is 0 Å². The SMILES string of the molecule is CN(C)c1ccccc1C1CC(=O)OC1=O. The zero-order valence-electron chi connectivity index (χ0n) is 9.27. The van der Waals surface area contributed by atoms with Gasteiger partial charge in [0.15, 0.2) is 0 Å². The van der Waals surface area contributed by atoms with Crippen LogP contribution in [-0.4, -0.2) is 26.0 Å². The number of hydrogen-bond acceptors (Lipinski definition) is 4. The summed E-state index contributed by atoms with van der Waals surface area (Å²) in [5.74, 6) is -1.34. The minimum atomic E-state index is -0.453. The lowest BCUT2D eigenvalue weighted by Crippen LogP contribution is -2.15. The van der Waals surface area contributed by atoms with Gasteiger partial charge in [-0.2, -0.15) is 0 Å². The van der Waals surface area contributed by atoms with Crippen LogP contribution in [0.5, 0.6) is 0 Å². The number of esters is 2. The highest BCUT2D eigenvalue weighted by atomic mass is 16.6. The predicted octanol–water partition coefficient (Wildman–Crippen LogP) is 1.31. The Hall–Kier alpha value is -1.84. The van der Waals surface area contributed by atoms with Crippen LogP contribution < -0.4 is 4.90 Å². The van der Waals surface area contributed by atoms with Gasteiger partial charge >= 0.3 is 11.9 Å². The molecule has 0 spiro atoms. The van der Waals surface area contributed by atoms with E-state index in [1.165, 1.54) is 0 Å². The molecule has 0 amide bonds. The van der Waals surface area contributed by atoms with Crippen molar-refractivity contribution in [3.05, 3.63) is 29.8 Å². The third-order valence-electron chi connectivity index (χ3n) is 2.66. The second kappa shape index (κ2) is 3.96. The van der Waals surface area contributed by atoms with E-state index in [0.29, 0.717) is 0 Å². The van der Waals surface area contributed by atoms with Crippen molar-refractivity contribution >= 4 is 17.6 Å². The van der Waals surface area contributed by atoms with E-state index in [2.05, 4.69) is 4.74 Å². The van der Waals surface area contributed by atoms with Crippen LogP contribution >= 0.6 is 0 Å². The highest BCUT2D eigenvalue weighted by Crippen LogP contribution is 2.33. The lowest BCUT2D eigenvalue weighted by atomic mass is 9.95. The minimum Gasteiger partial charge on any atom is -0.393 e. The summed E-state index contributed by atoms with van der Waals surface area (Å²) in [5.41, 5.74) is 1.79. The molecule has 0 aromatic heterocycles. The molecule has 1 unspecified atom stereocenters. The molecule has 0 radical (unpaired) electrons. The molecule has 1 fully saturated rings. The van der Waals surface area contributed by atoms with Crippen LogP contribution in [0.25, 0.3) is 0 Å². The van der Waals surface area contributed by atoms with Gasteiger partial charge in [0.05, 0.1) is 12.3 Å². The van der Waals surface area contributed by atoms with Crippen molar-refractivity contribution in [2.75, 3.05) is 19.0 Å². The first-order valence-corrected chi connectivity index (χ1v) is 5.10. The maximum atomic E-state index is 11.5. The Bertz CT molecular complexity index is 440. The Morgan fingerprint density at radius 3 is 2.50 bits per heavy atom. The fourth-order valence-electron chi connectivity index (χ4n) is 1.90. The summed E-state index contributed by atoms with van der Waals surface area (Å²) < 4.78 is 4.57. The maximum absolute atomic E-state index is 11.5. The van der Waals surface area contributed by atoms with E-state index in [1.54, 1.807) is 0 Å². The van der Waals surface area contributed by atoms with Crippen molar-refractivity contribution in [3.63, 3.8) is 0 Å². The Balaban J connectivity index is 2.40. The van der Waals surface area contributed by atoms with Gasteiger partial charge in [-0.1, -0.05) is 18.2 Å². The number of carbonyl (C=O) groups excluding carboxylic acids is 2. The molecule has 0 saturated carbocycles. The van der Waals surface area contributed by atoms with Gasteiger partial charge in [0, 0.05) is 19.8 Å². The summed E-state index contributed by atoms with van der Waals surface area (Å²) in [6.45, 7) is 0. The molecule has 1 saturated heterocycles. The molecule has 1 aliphatic heterocycles. The Kier molecular flexibility index (Phi) is 2.64. The summed E-state index contributed by atoms with van der Waals surface area (Å²) in [7, 11) is 3.81. The van der Waals surface area contributed by atoms with E-state index in [1.807, 2.05) is 43.3 Å². The first-order valence-electron chi connectivity index (χ1n) is 5.10. The largest absolute Gasteiger partial charge is 0.393 e. The molecule has 0 bridgehead atoms. The van der Waals surface area contributed by atoms with Crippen molar-refractivity contribution in [1.82, 2.24) is 0 Å². The third-order valence-corrected chi connectivity index (χ3v) is 2.66. The maximum Gasteiger partial charge on any atom is 0.321 e. The number of benzene rings is 1. The standard InChI is InChI=1S/C12H13NO3/c1-13(2)10-6-4-3-5-8(10)9-7-11(14)16-12(9)15/h3-6,9H,7H2,1-2H3. The monoisotopic (exact) mass is 219 g/mol. The molecule has 1 heterocycles. The molecule has 0 N–H and O–H groups in total. The zero-order chi connectivity index (χ0) is 11.7. The molecule has 1 aromatic rings. The normalized spacial score (nSPS) is 19.8. The summed E-state index contributed by atoms with van der Waals surface area (Å²) >= 11 is 0. The van der Waals surface area contributed by atoms with Crippen molar-refractivity contribution in [3.8, 4) is 0 Å². The number of rotatable bonds is 2. The molecule has 1 aliphatic rings. The minimum absolute atomic E-state index is 0.143. The van der Waals surface area contributed by atoms with Gasteiger partial charge in [-0.05, 0) is 11.6 Å². The van der Waals surface area contributed by atoms with Gasteiger partial charge < -0.3 is 9.64 Å². The number of nitrogens with zero attached hydrogens (tertiary/aromatic N) is 1. The number of carbonyl (C=O) groups is 2. The molecular formula is C12H13NO3. The van der Waals surface area contributed by atoms with E-state index in [9.17, 15) is 9.59 Å². The number of para-hydroxylation sites is 1. The Labute approximate surface area is 93.8 Å². The average Bonchev–Trinajstić information content (AvgIpc) is 2.57. The van der Waals surface area contributed by atoms with Gasteiger partial charge in [0.2, 0.25) is 0 Å². The van der Waals surface area contributed by atoms with E-state index < -0.39 is 17.9 Å². The van der Waals surface area contributed by atoms with Gasteiger partial charge in [-0.15, -0.1) is 0 Å². The Morgan fingerprint density at radius 2 is 1.94 bits per heavy atom. The Morgan fingerprint density at radius 1 is 1.25 bits per heavy atom. The van der Waals surface area contributed by atoms with E-state index >= 15 is 0 Å². The summed E-state index contributed by atoms with van der Waals surface area (Å²) in [4.78, 5) is 24.5. The molecule has 16 heavy (non-hydrogen) atoms. The molecule has 2 rings (SSSR count). The second-order valence-corrected chi connectivity index (χ2v) is 4.00. The number of cyclic esters (lactones) is 2. The zero-order valence-corrected chi connectivity index (χ0v) is 9.27. The average molecular weight is 219 g/mol. The predicted molar refractivity (Wildman–Crippen MR) is 59.2 cm³/mol. The van der Waals surface area contributed by atoms with Gasteiger partial charge in [0.1, 0.15) is 0 Å². The topological polar surface area (TPSA) is 46.6 Å². The summed E-state index contributed by atoms with van der Waals surface area (Å²) in [5, 5.41) is 0. The lowest BCUT2D eigenvalue weighted by molar-refractivity contribution is -0.152. The van der Waals surface area contributed by atoms with Crippen LogP contribution in [0.3, 0.4) is 0 Å². The van der Waals surface area contributed by atoms with E-state index in [4.69, 9.17) is 0 Å². The smallest absolute Gasteiger partial charge is 0.321 e. The molecule has 84 valence electrons. The summed E-state index contributed by atoms with van der Waals surface area (Å²) in [6.07, 6.45) is 0.143. The fourth-order valence-corrected chi connectivity index (χ4v) is 1.90. The molecule has 1 aromatic carbocycles. The van der Waals surface area contributed by atoms with Crippen molar-refractivity contribution in [1.29, 1.82) is 0 Å². The van der Waals surface area contributed by atoms with Crippen LogP contribution in [0.4, 0.5) is 5.69 Å². The van der Waals surface area contributed by atoms with Gasteiger partial charge in [-0.3, -0.25) is 9.59 Å². The van der Waals surface area contributed by atoms with E-state index in [0.717, 1.165) is 11.3 Å². The van der Waals surface area contributed by atoms with Crippen LogP contribution in [0.1, 0.15) is 17.9 Å². The first-order chi connectivity index (χ1) is 7.59. The first kappa shape index (κ1) is 10.7. The highest BCUT2D eigenvalue weighted by molar-refractivity contribution is 5.98. The van der Waals surface area contributed by atoms with Crippen LogP contribution in [0.15, 0.2) is 24.3 Å². The second-order valence-electron chi connectivity index (χ2n) is 4.00. The molecule has 0 aliphatic carbocycles. The van der Waals surface area contributed by atoms with Gasteiger partial charge in [0.25, 0.3) is 0 Å².